The first-order chi connectivity index (χ1) is 15.6. The zero-order valence-corrected chi connectivity index (χ0v) is 17.1. The number of aromatic nitrogens is 1. The van der Waals surface area contributed by atoms with Crippen molar-refractivity contribution in [1.29, 1.82) is 5.26 Å². The van der Waals surface area contributed by atoms with Gasteiger partial charge in [-0.05, 0) is 46.2 Å². The third kappa shape index (κ3) is 4.40. The molecule has 4 rings (SSSR count). The van der Waals surface area contributed by atoms with Crippen LogP contribution in [0.25, 0.3) is 22.4 Å². The molecular formula is C25H17N3O4. The number of allylic oxidation sites excluding steroid dienone is 1. The van der Waals surface area contributed by atoms with Crippen molar-refractivity contribution >= 4 is 28.1 Å². The molecule has 1 heterocycles. The summed E-state index contributed by atoms with van der Waals surface area (Å²) in [5.41, 5.74) is 1.97. The predicted molar refractivity (Wildman–Crippen MR) is 121 cm³/mol. The second kappa shape index (κ2) is 8.98. The SMILES string of the molecule is COc1cc(/C=C(/C#N)c2ccc3ccccc3c2)ccc1Oc1ccc([N+](=O)[O-])cn1. The van der Waals surface area contributed by atoms with Gasteiger partial charge in [0.25, 0.3) is 5.69 Å². The van der Waals surface area contributed by atoms with Crippen LogP contribution in [0.15, 0.2) is 79.0 Å². The number of nitro groups is 1. The van der Waals surface area contributed by atoms with E-state index in [9.17, 15) is 15.4 Å². The Balaban J connectivity index is 1.62. The van der Waals surface area contributed by atoms with Crippen molar-refractivity contribution in [3.05, 3.63) is 100 Å². The standard InChI is InChI=1S/C25H17N3O4/c1-31-24-13-17(6-10-23(24)32-25-11-9-22(16-27-25)28(29)30)12-21(15-26)20-8-7-18-4-2-3-5-19(18)14-20/h2-14,16H,1H3/b21-12-. The molecule has 0 N–H and O–H groups in total. The van der Waals surface area contributed by atoms with E-state index in [4.69, 9.17) is 9.47 Å². The molecule has 0 unspecified atom stereocenters. The second-order valence-corrected chi connectivity index (χ2v) is 6.86. The fourth-order valence-corrected chi connectivity index (χ4v) is 3.22. The van der Waals surface area contributed by atoms with Gasteiger partial charge < -0.3 is 9.47 Å². The van der Waals surface area contributed by atoms with Crippen molar-refractivity contribution in [2.24, 2.45) is 0 Å². The number of fused-ring (bicyclic) bond motifs is 1. The summed E-state index contributed by atoms with van der Waals surface area (Å²) in [5.74, 6) is 1.04. The Hall–Kier alpha value is -4.70. The molecule has 0 bridgehead atoms. The smallest absolute Gasteiger partial charge is 0.287 e. The van der Waals surface area contributed by atoms with E-state index in [1.807, 2.05) is 42.5 Å². The van der Waals surface area contributed by atoms with Crippen molar-refractivity contribution in [2.45, 2.75) is 0 Å². The minimum Gasteiger partial charge on any atom is -0.493 e. The molecule has 0 fully saturated rings. The lowest BCUT2D eigenvalue weighted by Crippen LogP contribution is -1.94. The molecule has 0 saturated heterocycles. The van der Waals surface area contributed by atoms with E-state index in [1.165, 1.54) is 19.2 Å². The summed E-state index contributed by atoms with van der Waals surface area (Å²) in [6, 6.07) is 24.1. The molecule has 0 radical (unpaired) electrons. The summed E-state index contributed by atoms with van der Waals surface area (Å²) in [5, 5.41) is 22.7. The highest BCUT2D eigenvalue weighted by Gasteiger charge is 2.11. The van der Waals surface area contributed by atoms with Gasteiger partial charge in [0.2, 0.25) is 5.88 Å². The molecule has 0 aliphatic heterocycles. The number of nitrogens with zero attached hydrogens (tertiary/aromatic N) is 3. The summed E-state index contributed by atoms with van der Waals surface area (Å²) in [6.45, 7) is 0. The Morgan fingerprint density at radius 2 is 1.84 bits per heavy atom. The van der Waals surface area contributed by atoms with Crippen molar-refractivity contribution < 1.29 is 14.4 Å². The Bertz CT molecular complexity index is 1370. The molecule has 0 saturated carbocycles. The second-order valence-electron chi connectivity index (χ2n) is 6.86. The topological polar surface area (TPSA) is 98.3 Å². The zero-order valence-electron chi connectivity index (χ0n) is 17.1. The van der Waals surface area contributed by atoms with Crippen LogP contribution >= 0.6 is 0 Å². The van der Waals surface area contributed by atoms with Crippen LogP contribution in [0.2, 0.25) is 0 Å². The maximum absolute atomic E-state index is 10.8. The summed E-state index contributed by atoms with van der Waals surface area (Å²) < 4.78 is 11.1. The van der Waals surface area contributed by atoms with E-state index in [-0.39, 0.29) is 11.6 Å². The fraction of sp³-hybridized carbons (Fsp3) is 0.0400. The van der Waals surface area contributed by atoms with Crippen LogP contribution in [0.4, 0.5) is 5.69 Å². The number of hydrogen-bond acceptors (Lipinski definition) is 6. The average molecular weight is 423 g/mol. The number of benzene rings is 3. The number of rotatable bonds is 6. The van der Waals surface area contributed by atoms with Crippen molar-refractivity contribution in [2.75, 3.05) is 7.11 Å². The van der Waals surface area contributed by atoms with Gasteiger partial charge in [0, 0.05) is 12.1 Å². The lowest BCUT2D eigenvalue weighted by Gasteiger charge is -2.10. The van der Waals surface area contributed by atoms with Crippen molar-refractivity contribution in [3.63, 3.8) is 0 Å². The zero-order chi connectivity index (χ0) is 22.5. The van der Waals surface area contributed by atoms with Gasteiger partial charge >= 0.3 is 0 Å². The third-order valence-electron chi connectivity index (χ3n) is 4.83. The number of ether oxygens (including phenoxy) is 2. The van der Waals surface area contributed by atoms with Gasteiger partial charge in [-0.1, -0.05) is 42.5 Å². The van der Waals surface area contributed by atoms with Gasteiger partial charge in [0.1, 0.15) is 6.20 Å². The minimum atomic E-state index is -0.527. The predicted octanol–water partition coefficient (Wildman–Crippen LogP) is 6.01. The monoisotopic (exact) mass is 423 g/mol. The molecule has 0 atom stereocenters. The van der Waals surface area contributed by atoms with E-state index in [0.717, 1.165) is 28.1 Å². The molecule has 4 aromatic rings. The lowest BCUT2D eigenvalue weighted by atomic mass is 10.00. The minimum absolute atomic E-state index is 0.123. The maximum Gasteiger partial charge on any atom is 0.287 e. The van der Waals surface area contributed by atoms with Gasteiger partial charge in [0.15, 0.2) is 11.5 Å². The van der Waals surface area contributed by atoms with Crippen LogP contribution in [0.3, 0.4) is 0 Å². The summed E-state index contributed by atoms with van der Waals surface area (Å²) in [6.07, 6.45) is 2.90. The molecule has 3 aromatic carbocycles. The van der Waals surface area contributed by atoms with Crippen LogP contribution in [0.1, 0.15) is 11.1 Å². The van der Waals surface area contributed by atoms with E-state index < -0.39 is 4.92 Å². The Labute approximate surface area is 183 Å². The largest absolute Gasteiger partial charge is 0.493 e. The highest BCUT2D eigenvalue weighted by Crippen LogP contribution is 2.33. The average Bonchev–Trinajstić information content (AvgIpc) is 2.83. The maximum atomic E-state index is 10.8. The van der Waals surface area contributed by atoms with Gasteiger partial charge in [-0.25, -0.2) is 4.98 Å². The van der Waals surface area contributed by atoms with Gasteiger partial charge in [-0.2, -0.15) is 5.26 Å². The number of hydrogen-bond donors (Lipinski definition) is 0. The lowest BCUT2D eigenvalue weighted by molar-refractivity contribution is -0.385. The van der Waals surface area contributed by atoms with Crippen LogP contribution in [0.5, 0.6) is 17.4 Å². The fourth-order valence-electron chi connectivity index (χ4n) is 3.22. The van der Waals surface area contributed by atoms with Gasteiger partial charge in [-0.15, -0.1) is 0 Å². The Morgan fingerprint density at radius 1 is 1.03 bits per heavy atom. The van der Waals surface area contributed by atoms with Crippen LogP contribution in [-0.4, -0.2) is 17.0 Å². The molecule has 7 heteroatoms. The van der Waals surface area contributed by atoms with E-state index in [2.05, 4.69) is 11.1 Å². The summed E-state index contributed by atoms with van der Waals surface area (Å²) in [4.78, 5) is 14.2. The summed E-state index contributed by atoms with van der Waals surface area (Å²) >= 11 is 0. The Kier molecular flexibility index (Phi) is 5.77. The van der Waals surface area contributed by atoms with Gasteiger partial charge in [0.05, 0.1) is 23.7 Å². The van der Waals surface area contributed by atoms with Crippen LogP contribution in [0, 0.1) is 21.4 Å². The first kappa shape index (κ1) is 20.6. The van der Waals surface area contributed by atoms with E-state index in [0.29, 0.717) is 17.1 Å². The third-order valence-corrected chi connectivity index (χ3v) is 4.83. The molecule has 0 amide bonds. The van der Waals surface area contributed by atoms with Crippen LogP contribution in [-0.2, 0) is 0 Å². The van der Waals surface area contributed by atoms with Crippen molar-refractivity contribution in [1.82, 2.24) is 4.98 Å². The first-order valence-electron chi connectivity index (χ1n) is 9.64. The summed E-state index contributed by atoms with van der Waals surface area (Å²) in [7, 11) is 1.51. The number of nitriles is 1. The highest BCUT2D eigenvalue weighted by atomic mass is 16.6. The van der Waals surface area contributed by atoms with E-state index >= 15 is 0 Å². The van der Waals surface area contributed by atoms with Gasteiger partial charge in [-0.3, -0.25) is 10.1 Å². The molecule has 156 valence electrons. The number of methoxy groups -OCH3 is 1. The number of pyridine rings is 1. The van der Waals surface area contributed by atoms with Crippen LogP contribution < -0.4 is 9.47 Å². The normalized spacial score (nSPS) is 11.1. The molecule has 1 aromatic heterocycles. The molecule has 0 aliphatic carbocycles. The quantitative estimate of drug-likeness (QED) is 0.163. The van der Waals surface area contributed by atoms with E-state index in [1.54, 1.807) is 24.3 Å². The molecule has 0 aliphatic rings. The Morgan fingerprint density at radius 3 is 2.53 bits per heavy atom. The highest BCUT2D eigenvalue weighted by molar-refractivity contribution is 5.94. The molecular weight excluding hydrogens is 406 g/mol. The first-order valence-corrected chi connectivity index (χ1v) is 9.64. The molecule has 32 heavy (non-hydrogen) atoms. The molecule has 7 nitrogen and oxygen atoms in total. The van der Waals surface area contributed by atoms with Crippen molar-refractivity contribution in [3.8, 4) is 23.4 Å². The molecule has 0 spiro atoms.